The van der Waals surface area contributed by atoms with Crippen LogP contribution in [0.15, 0.2) is 40.9 Å². The molecule has 0 aliphatic rings. The highest BCUT2D eigenvalue weighted by Crippen LogP contribution is 2.31. The van der Waals surface area contributed by atoms with Gasteiger partial charge in [0.1, 0.15) is 0 Å². The molecule has 0 heterocycles. The SMILES string of the molecule is O=C(O)c1cc([N+](=O)[O-])ccc1Nc1cc(Cl)ccc1Br. The van der Waals surface area contributed by atoms with E-state index in [1.165, 1.54) is 12.1 Å². The standard InChI is InChI=1S/C13H8BrClN2O4/c14-10-3-1-7(15)5-12(10)16-11-4-2-8(17(20)21)6-9(11)13(18)19/h1-6,16H,(H,18,19). The first-order valence-electron chi connectivity index (χ1n) is 5.62. The van der Waals surface area contributed by atoms with Crippen LogP contribution in [0, 0.1) is 10.1 Å². The van der Waals surface area contributed by atoms with E-state index in [0.717, 1.165) is 6.07 Å². The van der Waals surface area contributed by atoms with Gasteiger partial charge in [-0.3, -0.25) is 10.1 Å². The molecule has 0 aromatic heterocycles. The van der Waals surface area contributed by atoms with Gasteiger partial charge in [0, 0.05) is 21.6 Å². The molecule has 0 atom stereocenters. The molecule has 2 rings (SSSR count). The predicted octanol–water partition coefficient (Wildman–Crippen LogP) is 4.45. The zero-order valence-electron chi connectivity index (χ0n) is 10.3. The number of anilines is 2. The molecule has 0 amide bonds. The first kappa shape index (κ1) is 15.3. The van der Waals surface area contributed by atoms with Crippen molar-refractivity contribution in [1.82, 2.24) is 0 Å². The summed E-state index contributed by atoms with van der Waals surface area (Å²) < 4.78 is 0.682. The molecule has 8 heteroatoms. The minimum atomic E-state index is -1.26. The molecule has 6 nitrogen and oxygen atoms in total. The third-order valence-corrected chi connectivity index (χ3v) is 3.57. The van der Waals surface area contributed by atoms with E-state index in [-0.39, 0.29) is 16.9 Å². The van der Waals surface area contributed by atoms with E-state index in [1.54, 1.807) is 18.2 Å². The van der Waals surface area contributed by atoms with Crippen LogP contribution in [0.5, 0.6) is 0 Å². The van der Waals surface area contributed by atoms with E-state index in [9.17, 15) is 20.0 Å². The summed E-state index contributed by atoms with van der Waals surface area (Å²) in [6.07, 6.45) is 0. The van der Waals surface area contributed by atoms with E-state index in [0.29, 0.717) is 15.2 Å². The lowest BCUT2D eigenvalue weighted by Gasteiger charge is -2.11. The van der Waals surface area contributed by atoms with Gasteiger partial charge in [0.05, 0.1) is 21.9 Å². The molecule has 0 fully saturated rings. The zero-order valence-corrected chi connectivity index (χ0v) is 12.7. The topological polar surface area (TPSA) is 92.5 Å². The van der Waals surface area contributed by atoms with Crippen LogP contribution in [0.4, 0.5) is 17.1 Å². The number of hydrogen-bond donors (Lipinski definition) is 2. The van der Waals surface area contributed by atoms with Crippen molar-refractivity contribution < 1.29 is 14.8 Å². The summed E-state index contributed by atoms with van der Waals surface area (Å²) in [5.41, 5.74) is 0.300. The maximum Gasteiger partial charge on any atom is 0.338 e. The Balaban J connectivity index is 2.46. The van der Waals surface area contributed by atoms with Crippen LogP contribution in [0.1, 0.15) is 10.4 Å². The molecule has 0 unspecified atom stereocenters. The van der Waals surface area contributed by atoms with Crippen molar-refractivity contribution in [3.05, 3.63) is 61.6 Å². The number of hydrogen-bond acceptors (Lipinski definition) is 4. The molecular weight excluding hydrogens is 364 g/mol. The normalized spacial score (nSPS) is 10.2. The van der Waals surface area contributed by atoms with Gasteiger partial charge in [0.25, 0.3) is 5.69 Å². The number of non-ortho nitro benzene ring substituents is 1. The monoisotopic (exact) mass is 370 g/mol. The van der Waals surface area contributed by atoms with Crippen LogP contribution in [-0.2, 0) is 0 Å². The molecule has 0 bridgehead atoms. The number of nitrogens with zero attached hydrogens (tertiary/aromatic N) is 1. The number of nitro groups is 1. The summed E-state index contributed by atoms with van der Waals surface area (Å²) in [4.78, 5) is 21.3. The van der Waals surface area contributed by atoms with Gasteiger partial charge in [-0.2, -0.15) is 0 Å². The van der Waals surface area contributed by atoms with Gasteiger partial charge < -0.3 is 10.4 Å². The van der Waals surface area contributed by atoms with Gasteiger partial charge in [0.15, 0.2) is 0 Å². The third kappa shape index (κ3) is 3.50. The summed E-state index contributed by atoms with van der Waals surface area (Å²) in [5, 5.41) is 23.3. The highest BCUT2D eigenvalue weighted by Gasteiger charge is 2.16. The third-order valence-electron chi connectivity index (χ3n) is 2.64. The highest BCUT2D eigenvalue weighted by molar-refractivity contribution is 9.10. The van der Waals surface area contributed by atoms with Crippen molar-refractivity contribution in [3.63, 3.8) is 0 Å². The summed E-state index contributed by atoms with van der Waals surface area (Å²) in [5.74, 6) is -1.26. The van der Waals surface area contributed by atoms with E-state index in [4.69, 9.17) is 11.6 Å². The molecule has 0 spiro atoms. The molecule has 2 aromatic rings. The predicted molar refractivity (Wildman–Crippen MR) is 82.5 cm³/mol. The van der Waals surface area contributed by atoms with Gasteiger partial charge in [-0.1, -0.05) is 11.6 Å². The number of aromatic carboxylic acids is 1. The fraction of sp³-hybridized carbons (Fsp3) is 0. The number of halogens is 2. The smallest absolute Gasteiger partial charge is 0.338 e. The van der Waals surface area contributed by atoms with Crippen LogP contribution in [-0.4, -0.2) is 16.0 Å². The van der Waals surface area contributed by atoms with Gasteiger partial charge in [0.2, 0.25) is 0 Å². The zero-order chi connectivity index (χ0) is 15.6. The number of benzene rings is 2. The Morgan fingerprint density at radius 2 is 1.95 bits per heavy atom. The van der Waals surface area contributed by atoms with Crippen molar-refractivity contribution >= 4 is 50.6 Å². The molecule has 2 aromatic carbocycles. The van der Waals surface area contributed by atoms with Crippen molar-refractivity contribution in [2.45, 2.75) is 0 Å². The van der Waals surface area contributed by atoms with Crippen molar-refractivity contribution in [1.29, 1.82) is 0 Å². The number of nitro benzene ring substituents is 1. The average molecular weight is 372 g/mol. The van der Waals surface area contributed by atoms with E-state index >= 15 is 0 Å². The summed E-state index contributed by atoms with van der Waals surface area (Å²) in [6.45, 7) is 0. The summed E-state index contributed by atoms with van der Waals surface area (Å²) in [7, 11) is 0. The van der Waals surface area contributed by atoms with Crippen molar-refractivity contribution in [2.75, 3.05) is 5.32 Å². The van der Waals surface area contributed by atoms with Crippen LogP contribution in [0.3, 0.4) is 0 Å². The molecular formula is C13H8BrClN2O4. The van der Waals surface area contributed by atoms with Crippen LogP contribution in [0.2, 0.25) is 5.02 Å². The molecule has 0 aliphatic heterocycles. The molecule has 21 heavy (non-hydrogen) atoms. The number of carboxylic acids is 1. The molecule has 2 N–H and O–H groups in total. The van der Waals surface area contributed by atoms with Crippen molar-refractivity contribution in [2.24, 2.45) is 0 Å². The van der Waals surface area contributed by atoms with Gasteiger partial charge in [-0.05, 0) is 40.2 Å². The lowest BCUT2D eigenvalue weighted by atomic mass is 10.1. The second-order valence-corrected chi connectivity index (χ2v) is 5.33. The van der Waals surface area contributed by atoms with E-state index in [2.05, 4.69) is 21.2 Å². The fourth-order valence-corrected chi connectivity index (χ4v) is 2.19. The number of carboxylic acid groups (broad SMARTS) is 1. The molecule has 0 radical (unpaired) electrons. The molecule has 0 saturated carbocycles. The van der Waals surface area contributed by atoms with E-state index < -0.39 is 10.9 Å². The van der Waals surface area contributed by atoms with Crippen LogP contribution < -0.4 is 5.32 Å². The molecule has 108 valence electrons. The number of rotatable bonds is 4. The van der Waals surface area contributed by atoms with Crippen LogP contribution in [0.25, 0.3) is 0 Å². The quantitative estimate of drug-likeness (QED) is 0.612. The van der Waals surface area contributed by atoms with Gasteiger partial charge >= 0.3 is 5.97 Å². The Hall–Kier alpha value is -2.12. The number of carbonyl (C=O) groups is 1. The Morgan fingerprint density at radius 3 is 2.57 bits per heavy atom. The molecule has 0 aliphatic carbocycles. The Morgan fingerprint density at radius 1 is 1.24 bits per heavy atom. The minimum absolute atomic E-state index is 0.198. The Kier molecular flexibility index (Phi) is 4.44. The second-order valence-electron chi connectivity index (χ2n) is 4.04. The Bertz CT molecular complexity index is 736. The van der Waals surface area contributed by atoms with Crippen molar-refractivity contribution in [3.8, 4) is 0 Å². The maximum absolute atomic E-state index is 11.2. The lowest BCUT2D eigenvalue weighted by molar-refractivity contribution is -0.384. The van der Waals surface area contributed by atoms with Gasteiger partial charge in [-0.15, -0.1) is 0 Å². The second kappa shape index (κ2) is 6.11. The Labute approximate surface area is 132 Å². The first-order valence-corrected chi connectivity index (χ1v) is 6.79. The summed E-state index contributed by atoms with van der Waals surface area (Å²) in [6, 6.07) is 8.56. The average Bonchev–Trinajstić information content (AvgIpc) is 2.42. The summed E-state index contributed by atoms with van der Waals surface area (Å²) >= 11 is 9.20. The highest BCUT2D eigenvalue weighted by atomic mass is 79.9. The molecule has 0 saturated heterocycles. The first-order chi connectivity index (χ1) is 9.88. The fourth-order valence-electron chi connectivity index (χ4n) is 1.67. The largest absolute Gasteiger partial charge is 0.478 e. The van der Waals surface area contributed by atoms with E-state index in [1.807, 2.05) is 0 Å². The van der Waals surface area contributed by atoms with Crippen LogP contribution >= 0.6 is 27.5 Å². The number of nitrogens with one attached hydrogen (secondary N) is 1. The lowest BCUT2D eigenvalue weighted by Crippen LogP contribution is -2.04. The minimum Gasteiger partial charge on any atom is -0.478 e. The maximum atomic E-state index is 11.2. The van der Waals surface area contributed by atoms with Gasteiger partial charge in [-0.25, -0.2) is 4.79 Å².